The van der Waals surface area contributed by atoms with Gasteiger partial charge in [-0.3, -0.25) is 4.79 Å². The van der Waals surface area contributed by atoms with Crippen molar-refractivity contribution in [2.45, 2.75) is 19.9 Å². The molecular formula is C16H18ClN3O. The summed E-state index contributed by atoms with van der Waals surface area (Å²) in [7, 11) is 0. The summed E-state index contributed by atoms with van der Waals surface area (Å²) in [5.74, 6) is 0.455. The molecule has 0 unspecified atom stereocenters. The number of halogens is 1. The van der Waals surface area contributed by atoms with Crippen LogP contribution in [0, 0.1) is 0 Å². The molecule has 1 aromatic carbocycles. The molecule has 4 nitrogen and oxygen atoms in total. The molecule has 1 amide bonds. The summed E-state index contributed by atoms with van der Waals surface area (Å²) >= 11 is 6.06. The van der Waals surface area contributed by atoms with Gasteiger partial charge in [0.25, 0.3) is 5.91 Å². The summed E-state index contributed by atoms with van der Waals surface area (Å²) in [5, 5.41) is 6.35. The molecule has 0 spiro atoms. The molecule has 0 aliphatic heterocycles. The van der Waals surface area contributed by atoms with Gasteiger partial charge < -0.3 is 10.6 Å². The Labute approximate surface area is 129 Å². The third kappa shape index (κ3) is 4.46. The standard InChI is InChI=1S/C16H18ClN3O/c1-2-8-18-15-9-13(14(17)11-19-15)16(21)20-10-12-6-4-3-5-7-12/h3-7,9,11H,2,8,10H2,1H3,(H,18,19)(H,20,21). The van der Waals surface area contributed by atoms with Crippen LogP contribution in [-0.2, 0) is 6.54 Å². The maximum Gasteiger partial charge on any atom is 0.253 e. The summed E-state index contributed by atoms with van der Waals surface area (Å²) in [4.78, 5) is 16.4. The maximum atomic E-state index is 12.2. The molecule has 0 atom stereocenters. The first-order chi connectivity index (χ1) is 10.2. The predicted octanol–water partition coefficient (Wildman–Crippen LogP) is 3.49. The average molecular weight is 304 g/mol. The number of benzene rings is 1. The third-order valence-corrected chi connectivity index (χ3v) is 3.25. The highest BCUT2D eigenvalue weighted by molar-refractivity contribution is 6.33. The number of hydrogen-bond acceptors (Lipinski definition) is 3. The van der Waals surface area contributed by atoms with E-state index < -0.39 is 0 Å². The molecule has 0 aliphatic rings. The SMILES string of the molecule is CCCNc1cc(C(=O)NCc2ccccc2)c(Cl)cn1. The lowest BCUT2D eigenvalue weighted by Crippen LogP contribution is -2.23. The monoisotopic (exact) mass is 303 g/mol. The smallest absolute Gasteiger partial charge is 0.253 e. The van der Waals surface area contributed by atoms with Crippen molar-refractivity contribution < 1.29 is 4.79 Å². The Morgan fingerprint density at radius 1 is 1.29 bits per heavy atom. The van der Waals surface area contributed by atoms with Crippen molar-refractivity contribution >= 4 is 23.3 Å². The third-order valence-electron chi connectivity index (χ3n) is 2.95. The second-order valence-electron chi connectivity index (χ2n) is 4.64. The lowest BCUT2D eigenvalue weighted by atomic mass is 10.2. The molecule has 2 aromatic rings. The van der Waals surface area contributed by atoms with Gasteiger partial charge in [-0.15, -0.1) is 0 Å². The summed E-state index contributed by atoms with van der Waals surface area (Å²) < 4.78 is 0. The van der Waals surface area contributed by atoms with E-state index in [4.69, 9.17) is 11.6 Å². The quantitative estimate of drug-likeness (QED) is 0.859. The average Bonchev–Trinajstić information content (AvgIpc) is 2.53. The zero-order valence-electron chi connectivity index (χ0n) is 11.9. The molecule has 0 radical (unpaired) electrons. The largest absolute Gasteiger partial charge is 0.370 e. The van der Waals surface area contributed by atoms with E-state index in [1.165, 1.54) is 6.20 Å². The highest BCUT2D eigenvalue weighted by Gasteiger charge is 2.11. The van der Waals surface area contributed by atoms with Crippen LogP contribution in [0.1, 0.15) is 29.3 Å². The van der Waals surface area contributed by atoms with Crippen molar-refractivity contribution in [2.24, 2.45) is 0 Å². The molecule has 110 valence electrons. The van der Waals surface area contributed by atoms with Gasteiger partial charge in [0.1, 0.15) is 5.82 Å². The molecule has 2 N–H and O–H groups in total. The van der Waals surface area contributed by atoms with Gasteiger partial charge in [0, 0.05) is 19.3 Å². The Morgan fingerprint density at radius 2 is 2.05 bits per heavy atom. The van der Waals surface area contributed by atoms with Crippen molar-refractivity contribution in [1.82, 2.24) is 10.3 Å². The van der Waals surface area contributed by atoms with Crippen LogP contribution in [0.25, 0.3) is 0 Å². The van der Waals surface area contributed by atoms with Gasteiger partial charge in [-0.25, -0.2) is 4.98 Å². The number of aromatic nitrogens is 1. The number of hydrogen-bond donors (Lipinski definition) is 2. The molecule has 5 heteroatoms. The van der Waals surface area contributed by atoms with Crippen molar-refractivity contribution in [3.05, 3.63) is 58.7 Å². The second kappa shape index (κ2) is 7.64. The predicted molar refractivity (Wildman–Crippen MR) is 85.6 cm³/mol. The van der Waals surface area contributed by atoms with E-state index in [0.717, 1.165) is 18.5 Å². The molecule has 2 rings (SSSR count). The van der Waals surface area contributed by atoms with E-state index in [2.05, 4.69) is 22.5 Å². The van der Waals surface area contributed by atoms with E-state index in [1.54, 1.807) is 6.07 Å². The van der Waals surface area contributed by atoms with Crippen LogP contribution >= 0.6 is 11.6 Å². The first-order valence-corrected chi connectivity index (χ1v) is 7.30. The topological polar surface area (TPSA) is 54.0 Å². The highest BCUT2D eigenvalue weighted by Crippen LogP contribution is 2.18. The normalized spacial score (nSPS) is 10.2. The first kappa shape index (κ1) is 15.3. The lowest BCUT2D eigenvalue weighted by molar-refractivity contribution is 0.0951. The highest BCUT2D eigenvalue weighted by atomic mass is 35.5. The van der Waals surface area contributed by atoms with Gasteiger partial charge in [-0.2, -0.15) is 0 Å². The van der Waals surface area contributed by atoms with E-state index >= 15 is 0 Å². The minimum Gasteiger partial charge on any atom is -0.370 e. The second-order valence-corrected chi connectivity index (χ2v) is 5.05. The van der Waals surface area contributed by atoms with Crippen LogP contribution in [0.3, 0.4) is 0 Å². The minimum atomic E-state index is -0.203. The summed E-state index contributed by atoms with van der Waals surface area (Å²) in [6.45, 7) is 3.34. The Hall–Kier alpha value is -2.07. The number of pyridine rings is 1. The first-order valence-electron chi connectivity index (χ1n) is 6.92. The Kier molecular flexibility index (Phi) is 5.58. The lowest BCUT2D eigenvalue weighted by Gasteiger charge is -2.09. The Morgan fingerprint density at radius 3 is 2.76 bits per heavy atom. The van der Waals surface area contributed by atoms with Gasteiger partial charge >= 0.3 is 0 Å². The van der Waals surface area contributed by atoms with Crippen LogP contribution < -0.4 is 10.6 Å². The fourth-order valence-electron chi connectivity index (χ4n) is 1.84. The van der Waals surface area contributed by atoms with Gasteiger partial charge in [0.15, 0.2) is 0 Å². The molecule has 0 bridgehead atoms. The number of nitrogens with one attached hydrogen (secondary N) is 2. The van der Waals surface area contributed by atoms with Crippen molar-refractivity contribution in [3.63, 3.8) is 0 Å². The zero-order chi connectivity index (χ0) is 15.1. The summed E-state index contributed by atoms with van der Waals surface area (Å²) in [6.07, 6.45) is 2.48. The van der Waals surface area contributed by atoms with Gasteiger partial charge in [-0.1, -0.05) is 48.9 Å². The minimum absolute atomic E-state index is 0.203. The molecule has 1 heterocycles. The summed E-state index contributed by atoms with van der Waals surface area (Å²) in [5.41, 5.74) is 1.47. The number of rotatable bonds is 6. The van der Waals surface area contributed by atoms with E-state index in [0.29, 0.717) is 22.9 Å². The van der Waals surface area contributed by atoms with E-state index in [9.17, 15) is 4.79 Å². The molecule has 21 heavy (non-hydrogen) atoms. The van der Waals surface area contributed by atoms with Crippen molar-refractivity contribution in [3.8, 4) is 0 Å². The van der Waals surface area contributed by atoms with Crippen LogP contribution in [0.2, 0.25) is 5.02 Å². The molecule has 0 aliphatic carbocycles. The number of anilines is 1. The van der Waals surface area contributed by atoms with Gasteiger partial charge in [0.05, 0.1) is 10.6 Å². The number of nitrogens with zero attached hydrogens (tertiary/aromatic N) is 1. The van der Waals surface area contributed by atoms with Crippen LogP contribution in [0.4, 0.5) is 5.82 Å². The van der Waals surface area contributed by atoms with Gasteiger partial charge in [0.2, 0.25) is 0 Å². The maximum absolute atomic E-state index is 12.2. The molecule has 0 saturated heterocycles. The van der Waals surface area contributed by atoms with Crippen molar-refractivity contribution in [2.75, 3.05) is 11.9 Å². The number of carbonyl (C=O) groups excluding carboxylic acids is 1. The number of carbonyl (C=O) groups is 1. The van der Waals surface area contributed by atoms with Crippen LogP contribution in [0.15, 0.2) is 42.6 Å². The zero-order valence-corrected chi connectivity index (χ0v) is 12.7. The van der Waals surface area contributed by atoms with E-state index in [-0.39, 0.29) is 5.91 Å². The van der Waals surface area contributed by atoms with Gasteiger partial charge in [-0.05, 0) is 18.1 Å². The molecule has 0 fully saturated rings. The Bertz CT molecular complexity index is 602. The van der Waals surface area contributed by atoms with Crippen molar-refractivity contribution in [1.29, 1.82) is 0 Å². The molecule has 1 aromatic heterocycles. The van der Waals surface area contributed by atoms with Crippen LogP contribution in [0.5, 0.6) is 0 Å². The molecule has 0 saturated carbocycles. The fourth-order valence-corrected chi connectivity index (χ4v) is 2.03. The van der Waals surface area contributed by atoms with Crippen LogP contribution in [-0.4, -0.2) is 17.4 Å². The number of amides is 1. The summed E-state index contributed by atoms with van der Waals surface area (Å²) in [6, 6.07) is 11.4. The molecular weight excluding hydrogens is 286 g/mol. The Balaban J connectivity index is 2.04. The fraction of sp³-hybridized carbons (Fsp3) is 0.250. The van der Waals surface area contributed by atoms with E-state index in [1.807, 2.05) is 30.3 Å².